The van der Waals surface area contributed by atoms with Gasteiger partial charge in [-0.3, -0.25) is 9.29 Å². The molecule has 1 aliphatic heterocycles. The number of sulfonamides is 1. The van der Waals surface area contributed by atoms with Crippen molar-refractivity contribution in [2.45, 2.75) is 30.3 Å². The lowest BCUT2D eigenvalue weighted by Gasteiger charge is -2.37. The van der Waals surface area contributed by atoms with Crippen molar-refractivity contribution in [3.05, 3.63) is 89.2 Å². The molecule has 0 fully saturated rings. The summed E-state index contributed by atoms with van der Waals surface area (Å²) in [6.07, 6.45) is 2.23. The van der Waals surface area contributed by atoms with E-state index in [0.717, 1.165) is 5.56 Å². The summed E-state index contributed by atoms with van der Waals surface area (Å²) in [6.45, 7) is 0.148. The van der Waals surface area contributed by atoms with Crippen LogP contribution in [0, 0.1) is 0 Å². The third kappa shape index (κ3) is 4.87. The van der Waals surface area contributed by atoms with Crippen molar-refractivity contribution >= 4 is 33.4 Å². The van der Waals surface area contributed by atoms with Crippen molar-refractivity contribution in [3.63, 3.8) is 0 Å². The monoisotopic (exact) mass is 471 g/mol. The minimum atomic E-state index is -3.89. The molecule has 3 aromatic rings. The van der Waals surface area contributed by atoms with Crippen molar-refractivity contribution in [2.75, 3.05) is 10.9 Å². The number of aryl methyl sites for hydroxylation is 1. The maximum Gasteiger partial charge on any atom is 0.407 e. The third-order valence-electron chi connectivity index (χ3n) is 5.22. The summed E-state index contributed by atoms with van der Waals surface area (Å²) >= 11 is 5.94. The number of amides is 1. The van der Waals surface area contributed by atoms with E-state index < -0.39 is 22.2 Å². The summed E-state index contributed by atoms with van der Waals surface area (Å²) in [5, 5.41) is 3.09. The largest absolute Gasteiger partial charge is 0.447 e. The molecule has 2 aromatic carbocycles. The van der Waals surface area contributed by atoms with Crippen LogP contribution in [-0.4, -0.2) is 32.1 Å². The van der Waals surface area contributed by atoms with E-state index in [1.165, 1.54) is 16.4 Å². The summed E-state index contributed by atoms with van der Waals surface area (Å²) < 4.78 is 33.8. The van der Waals surface area contributed by atoms with Gasteiger partial charge in [0.2, 0.25) is 0 Å². The number of ether oxygens (including phenoxy) is 1. The van der Waals surface area contributed by atoms with E-state index in [1.807, 2.05) is 18.2 Å². The van der Waals surface area contributed by atoms with Gasteiger partial charge in [-0.1, -0.05) is 35.9 Å². The fourth-order valence-corrected chi connectivity index (χ4v) is 5.49. The maximum absolute atomic E-state index is 13.5. The number of fused-ring (bicyclic) bond motifs is 1. The van der Waals surface area contributed by atoms with Gasteiger partial charge >= 0.3 is 6.09 Å². The molecule has 0 bridgehead atoms. The number of rotatable bonds is 6. The molecule has 2 heterocycles. The number of alkyl carbamates (subject to hydrolysis) is 1. The summed E-state index contributed by atoms with van der Waals surface area (Å²) in [5.41, 5.74) is 2.22. The van der Waals surface area contributed by atoms with E-state index >= 15 is 0 Å². The third-order valence-corrected chi connectivity index (χ3v) is 7.36. The molecule has 9 heteroatoms. The lowest BCUT2D eigenvalue weighted by molar-refractivity contribution is 0.137. The summed E-state index contributed by atoms with van der Waals surface area (Å²) in [5.74, 6) is 0. The quantitative estimate of drug-likeness (QED) is 0.582. The molecule has 32 heavy (non-hydrogen) atoms. The van der Waals surface area contributed by atoms with Crippen LogP contribution in [0.1, 0.15) is 17.7 Å². The van der Waals surface area contributed by atoms with E-state index in [-0.39, 0.29) is 18.0 Å². The molecule has 0 spiro atoms. The number of carbonyl (C=O) groups is 1. The van der Waals surface area contributed by atoms with Gasteiger partial charge in [-0.15, -0.1) is 0 Å². The number of hydrogen-bond donors (Lipinski definition) is 1. The van der Waals surface area contributed by atoms with Gasteiger partial charge in [-0.05, 0) is 60.9 Å². The van der Waals surface area contributed by atoms with Crippen LogP contribution < -0.4 is 9.62 Å². The number of carbonyl (C=O) groups excluding carboxylic acids is 1. The maximum atomic E-state index is 13.5. The molecule has 0 saturated carbocycles. The SMILES string of the molecule is O=C(NCc1ccccn1)OCC1CCc2ccccc2N1S(=O)(=O)c1ccc(Cl)cc1. The molecule has 1 N–H and O–H groups in total. The zero-order chi connectivity index (χ0) is 22.6. The highest BCUT2D eigenvalue weighted by Gasteiger charge is 2.36. The van der Waals surface area contributed by atoms with Gasteiger partial charge in [0.15, 0.2) is 0 Å². The van der Waals surface area contributed by atoms with Crippen LogP contribution >= 0.6 is 11.6 Å². The van der Waals surface area contributed by atoms with E-state index in [2.05, 4.69) is 10.3 Å². The van der Waals surface area contributed by atoms with Gasteiger partial charge in [-0.2, -0.15) is 0 Å². The van der Waals surface area contributed by atoms with Crippen molar-refractivity contribution in [1.82, 2.24) is 10.3 Å². The smallest absolute Gasteiger partial charge is 0.407 e. The van der Waals surface area contributed by atoms with Crippen LogP contribution in [0.3, 0.4) is 0 Å². The number of anilines is 1. The molecule has 1 atom stereocenters. The normalized spacial score (nSPS) is 15.7. The zero-order valence-corrected chi connectivity index (χ0v) is 18.7. The first-order valence-electron chi connectivity index (χ1n) is 10.1. The second kappa shape index (κ2) is 9.58. The Hall–Kier alpha value is -3.10. The van der Waals surface area contributed by atoms with Crippen molar-refractivity contribution in [1.29, 1.82) is 0 Å². The zero-order valence-electron chi connectivity index (χ0n) is 17.1. The van der Waals surface area contributed by atoms with Gasteiger partial charge in [0.05, 0.1) is 28.9 Å². The molecule has 0 aliphatic carbocycles. The highest BCUT2D eigenvalue weighted by Crippen LogP contribution is 2.35. The van der Waals surface area contributed by atoms with E-state index in [1.54, 1.807) is 42.6 Å². The fourth-order valence-electron chi connectivity index (χ4n) is 3.66. The lowest BCUT2D eigenvalue weighted by atomic mass is 9.98. The first-order valence-corrected chi connectivity index (χ1v) is 12.0. The van der Waals surface area contributed by atoms with Crippen LogP contribution in [0.25, 0.3) is 0 Å². The number of para-hydroxylation sites is 1. The van der Waals surface area contributed by atoms with Crippen molar-refractivity contribution < 1.29 is 17.9 Å². The number of hydrogen-bond acceptors (Lipinski definition) is 5. The number of aromatic nitrogens is 1. The average molecular weight is 472 g/mol. The summed E-state index contributed by atoms with van der Waals surface area (Å²) in [7, 11) is -3.89. The molecule has 7 nitrogen and oxygen atoms in total. The Labute approximate surface area is 192 Å². The second-order valence-electron chi connectivity index (χ2n) is 7.35. The molecule has 4 rings (SSSR count). The first kappa shape index (κ1) is 22.1. The molecular weight excluding hydrogens is 450 g/mol. The average Bonchev–Trinajstić information content (AvgIpc) is 2.81. The van der Waals surface area contributed by atoms with Crippen LogP contribution in [0.15, 0.2) is 77.8 Å². The van der Waals surface area contributed by atoms with Crippen LogP contribution in [0.4, 0.5) is 10.5 Å². The molecular formula is C23H22ClN3O4S. The number of benzene rings is 2. The second-order valence-corrected chi connectivity index (χ2v) is 9.60. The van der Waals surface area contributed by atoms with E-state index in [4.69, 9.17) is 16.3 Å². The molecule has 0 radical (unpaired) electrons. The predicted octanol–water partition coefficient (Wildman–Crippen LogP) is 4.17. The lowest BCUT2D eigenvalue weighted by Crippen LogP contribution is -2.47. The fraction of sp³-hybridized carbons (Fsp3) is 0.217. The van der Waals surface area contributed by atoms with E-state index in [0.29, 0.717) is 29.2 Å². The predicted molar refractivity (Wildman–Crippen MR) is 122 cm³/mol. The topological polar surface area (TPSA) is 88.6 Å². The van der Waals surface area contributed by atoms with Crippen LogP contribution in [-0.2, 0) is 27.7 Å². The number of nitrogens with zero attached hydrogens (tertiary/aromatic N) is 2. The first-order chi connectivity index (χ1) is 15.4. The van der Waals surface area contributed by atoms with Gasteiger partial charge in [0, 0.05) is 11.2 Å². The highest BCUT2D eigenvalue weighted by molar-refractivity contribution is 7.92. The molecule has 1 aliphatic rings. The molecule has 1 aromatic heterocycles. The molecule has 1 amide bonds. The van der Waals surface area contributed by atoms with E-state index in [9.17, 15) is 13.2 Å². The minimum absolute atomic E-state index is 0.0742. The standard InChI is InChI=1S/C23H22ClN3O4S/c24-18-9-12-21(13-10-18)32(29,30)27-20(11-8-17-5-1-2-7-22(17)27)16-31-23(28)26-15-19-6-3-4-14-25-19/h1-7,9-10,12-14,20H,8,11,15-16H2,(H,26,28). The highest BCUT2D eigenvalue weighted by atomic mass is 35.5. The van der Waals surface area contributed by atoms with Gasteiger partial charge in [0.1, 0.15) is 6.61 Å². The van der Waals surface area contributed by atoms with Crippen LogP contribution in [0.5, 0.6) is 0 Å². The molecule has 0 saturated heterocycles. The van der Waals surface area contributed by atoms with Gasteiger partial charge in [-0.25, -0.2) is 13.2 Å². The van der Waals surface area contributed by atoms with Crippen molar-refractivity contribution in [2.24, 2.45) is 0 Å². The van der Waals surface area contributed by atoms with Crippen molar-refractivity contribution in [3.8, 4) is 0 Å². The van der Waals surface area contributed by atoms with Gasteiger partial charge < -0.3 is 10.1 Å². The number of nitrogens with one attached hydrogen (secondary N) is 1. The van der Waals surface area contributed by atoms with Crippen LogP contribution in [0.2, 0.25) is 5.02 Å². The Morgan fingerprint density at radius 2 is 1.84 bits per heavy atom. The summed E-state index contributed by atoms with van der Waals surface area (Å²) in [4.78, 5) is 16.5. The number of pyridine rings is 1. The van der Waals surface area contributed by atoms with Gasteiger partial charge in [0.25, 0.3) is 10.0 Å². The summed E-state index contributed by atoms with van der Waals surface area (Å²) in [6, 6.07) is 18.3. The molecule has 166 valence electrons. The number of halogens is 1. The Morgan fingerprint density at radius 3 is 2.59 bits per heavy atom. The molecule has 1 unspecified atom stereocenters. The Bertz CT molecular complexity index is 1190. The Balaban J connectivity index is 1.53. The Morgan fingerprint density at radius 1 is 1.09 bits per heavy atom. The Kier molecular flexibility index (Phi) is 6.62. The minimum Gasteiger partial charge on any atom is -0.447 e.